The van der Waals surface area contributed by atoms with Crippen molar-refractivity contribution >= 4 is 32.4 Å². The molecule has 1 aliphatic rings. The van der Waals surface area contributed by atoms with E-state index in [0.717, 1.165) is 5.56 Å². The maximum absolute atomic E-state index is 12.6. The van der Waals surface area contributed by atoms with Gasteiger partial charge in [0.2, 0.25) is 21.1 Å². The molecule has 0 aliphatic carbocycles. The molecule has 0 spiro atoms. The Morgan fingerprint density at radius 3 is 2.50 bits per heavy atom. The monoisotopic (exact) mass is 366 g/mol. The first kappa shape index (κ1) is 17.0. The molecule has 1 fully saturated rings. The van der Waals surface area contributed by atoms with E-state index < -0.39 is 10.0 Å². The highest BCUT2D eigenvalue weighted by molar-refractivity contribution is 7.89. The molecule has 1 N–H and O–H groups in total. The summed E-state index contributed by atoms with van der Waals surface area (Å²) < 4.78 is 26.7. The molecular formula is C15H18N4O3S2. The third-order valence-electron chi connectivity index (χ3n) is 4.07. The Labute approximate surface area is 144 Å². The fraction of sp³-hybridized carbons (Fsp3) is 0.400. The standard InChI is InChI=1S/C15H18N4O3S2/c1-11-2-4-13(5-3-11)24(21,22)19-8-6-12(7-9-19)14(20)17-15-18-16-10-23-15/h2-5,10,12H,6-9H2,1H3,(H,17,18,20). The number of benzene rings is 1. The summed E-state index contributed by atoms with van der Waals surface area (Å²) in [6.07, 6.45) is 0.992. The fourth-order valence-electron chi connectivity index (χ4n) is 2.65. The predicted octanol–water partition coefficient (Wildman–Crippen LogP) is 1.89. The number of sulfonamides is 1. The van der Waals surface area contributed by atoms with Gasteiger partial charge in [0, 0.05) is 19.0 Å². The summed E-state index contributed by atoms with van der Waals surface area (Å²) >= 11 is 1.26. The maximum atomic E-state index is 12.6. The zero-order valence-corrected chi connectivity index (χ0v) is 14.8. The van der Waals surface area contributed by atoms with Crippen LogP contribution in [-0.4, -0.2) is 41.9 Å². The summed E-state index contributed by atoms with van der Waals surface area (Å²) in [4.78, 5) is 12.5. The maximum Gasteiger partial charge on any atom is 0.243 e. The second-order valence-corrected chi connectivity index (χ2v) is 8.50. The Bertz CT molecular complexity index is 796. The van der Waals surface area contributed by atoms with Crippen LogP contribution in [0.15, 0.2) is 34.7 Å². The molecule has 9 heteroatoms. The molecule has 0 saturated carbocycles. The van der Waals surface area contributed by atoms with Gasteiger partial charge < -0.3 is 5.32 Å². The normalized spacial score (nSPS) is 16.9. The number of nitrogens with one attached hydrogen (secondary N) is 1. The van der Waals surface area contributed by atoms with Gasteiger partial charge in [-0.15, -0.1) is 10.2 Å². The Morgan fingerprint density at radius 2 is 1.92 bits per heavy atom. The number of amides is 1. The smallest absolute Gasteiger partial charge is 0.243 e. The van der Waals surface area contributed by atoms with Crippen molar-refractivity contribution < 1.29 is 13.2 Å². The molecule has 24 heavy (non-hydrogen) atoms. The van der Waals surface area contributed by atoms with E-state index >= 15 is 0 Å². The van der Waals surface area contributed by atoms with Crippen molar-refractivity contribution in [2.45, 2.75) is 24.7 Å². The van der Waals surface area contributed by atoms with Crippen LogP contribution < -0.4 is 5.32 Å². The molecule has 0 bridgehead atoms. The molecule has 3 rings (SSSR count). The van der Waals surface area contributed by atoms with E-state index in [1.165, 1.54) is 15.6 Å². The molecule has 2 heterocycles. The number of hydrogen-bond acceptors (Lipinski definition) is 6. The van der Waals surface area contributed by atoms with Crippen molar-refractivity contribution in [3.8, 4) is 0 Å². The minimum absolute atomic E-state index is 0.126. The third kappa shape index (κ3) is 3.63. The van der Waals surface area contributed by atoms with Gasteiger partial charge in [-0.3, -0.25) is 4.79 Å². The second-order valence-electron chi connectivity index (χ2n) is 5.72. The molecule has 7 nitrogen and oxygen atoms in total. The van der Waals surface area contributed by atoms with Crippen molar-refractivity contribution in [3.05, 3.63) is 35.3 Å². The van der Waals surface area contributed by atoms with Crippen molar-refractivity contribution in [3.63, 3.8) is 0 Å². The summed E-state index contributed by atoms with van der Waals surface area (Å²) in [6, 6.07) is 6.82. The molecular weight excluding hydrogens is 348 g/mol. The van der Waals surface area contributed by atoms with E-state index in [1.807, 2.05) is 6.92 Å². The summed E-state index contributed by atoms with van der Waals surface area (Å²) in [7, 11) is -3.50. The number of piperidine rings is 1. The van der Waals surface area contributed by atoms with Crippen LogP contribution >= 0.6 is 11.3 Å². The second kappa shape index (κ2) is 6.96. The van der Waals surface area contributed by atoms with Crippen molar-refractivity contribution in [2.24, 2.45) is 5.92 Å². The van der Waals surface area contributed by atoms with Gasteiger partial charge in [-0.05, 0) is 31.9 Å². The summed E-state index contributed by atoms with van der Waals surface area (Å²) in [6.45, 7) is 2.59. The number of nitrogens with zero attached hydrogens (tertiary/aromatic N) is 3. The molecule has 1 saturated heterocycles. The van der Waals surface area contributed by atoms with Crippen LogP contribution in [-0.2, 0) is 14.8 Å². The number of anilines is 1. The molecule has 0 radical (unpaired) electrons. The van der Waals surface area contributed by atoms with Crippen LogP contribution in [0.2, 0.25) is 0 Å². The number of rotatable bonds is 4. The molecule has 0 atom stereocenters. The average molecular weight is 366 g/mol. The predicted molar refractivity (Wildman–Crippen MR) is 91.2 cm³/mol. The largest absolute Gasteiger partial charge is 0.300 e. The summed E-state index contributed by atoms with van der Waals surface area (Å²) in [5.41, 5.74) is 2.56. The Hall–Kier alpha value is -1.84. The first-order chi connectivity index (χ1) is 11.5. The number of aromatic nitrogens is 2. The lowest BCUT2D eigenvalue weighted by Crippen LogP contribution is -2.41. The minimum atomic E-state index is -3.50. The van der Waals surface area contributed by atoms with E-state index in [2.05, 4.69) is 15.5 Å². The number of hydrogen-bond donors (Lipinski definition) is 1. The third-order valence-corrected chi connectivity index (χ3v) is 6.59. The van der Waals surface area contributed by atoms with Crippen LogP contribution in [0.5, 0.6) is 0 Å². The van der Waals surface area contributed by atoms with Crippen LogP contribution in [0.1, 0.15) is 18.4 Å². The van der Waals surface area contributed by atoms with Crippen molar-refractivity contribution in [1.29, 1.82) is 0 Å². The highest BCUT2D eigenvalue weighted by Gasteiger charge is 2.32. The molecule has 1 aromatic heterocycles. The van der Waals surface area contributed by atoms with E-state index in [4.69, 9.17) is 0 Å². The van der Waals surface area contributed by atoms with Gasteiger partial charge in [-0.1, -0.05) is 29.0 Å². The number of aryl methyl sites for hydroxylation is 1. The lowest BCUT2D eigenvalue weighted by atomic mass is 9.97. The summed E-state index contributed by atoms with van der Waals surface area (Å²) in [5.74, 6) is -0.336. The number of carbonyl (C=O) groups excluding carboxylic acids is 1. The molecule has 1 aliphatic heterocycles. The van der Waals surface area contributed by atoms with Gasteiger partial charge in [0.05, 0.1) is 4.90 Å². The van der Waals surface area contributed by atoms with Gasteiger partial charge in [0.15, 0.2) is 0 Å². The van der Waals surface area contributed by atoms with Crippen LogP contribution in [0.3, 0.4) is 0 Å². The molecule has 1 amide bonds. The van der Waals surface area contributed by atoms with Gasteiger partial charge in [0.1, 0.15) is 5.51 Å². The van der Waals surface area contributed by atoms with Gasteiger partial charge in [0.25, 0.3) is 0 Å². The molecule has 0 unspecified atom stereocenters. The van der Waals surface area contributed by atoms with Crippen LogP contribution in [0, 0.1) is 12.8 Å². The molecule has 2 aromatic rings. The lowest BCUT2D eigenvalue weighted by molar-refractivity contribution is -0.120. The lowest BCUT2D eigenvalue weighted by Gasteiger charge is -2.30. The Kier molecular flexibility index (Phi) is 4.93. The number of carbonyl (C=O) groups is 1. The van der Waals surface area contributed by atoms with Gasteiger partial charge in [-0.2, -0.15) is 4.31 Å². The Balaban J connectivity index is 1.62. The van der Waals surface area contributed by atoms with E-state index in [-0.39, 0.29) is 11.8 Å². The topological polar surface area (TPSA) is 92.3 Å². The van der Waals surface area contributed by atoms with Crippen molar-refractivity contribution in [1.82, 2.24) is 14.5 Å². The Morgan fingerprint density at radius 1 is 1.25 bits per heavy atom. The zero-order chi connectivity index (χ0) is 17.2. The van der Waals surface area contributed by atoms with Gasteiger partial charge in [-0.25, -0.2) is 8.42 Å². The first-order valence-corrected chi connectivity index (χ1v) is 9.92. The highest BCUT2D eigenvalue weighted by atomic mass is 32.2. The van der Waals surface area contributed by atoms with Gasteiger partial charge >= 0.3 is 0 Å². The zero-order valence-electron chi connectivity index (χ0n) is 13.2. The quantitative estimate of drug-likeness (QED) is 0.892. The van der Waals surface area contributed by atoms with Crippen molar-refractivity contribution in [2.75, 3.05) is 18.4 Å². The average Bonchev–Trinajstić information content (AvgIpc) is 3.08. The molecule has 128 valence electrons. The van der Waals surface area contributed by atoms with E-state index in [9.17, 15) is 13.2 Å². The van der Waals surface area contributed by atoms with E-state index in [1.54, 1.807) is 29.8 Å². The highest BCUT2D eigenvalue weighted by Crippen LogP contribution is 2.25. The summed E-state index contributed by atoms with van der Waals surface area (Å²) in [5, 5.41) is 10.6. The van der Waals surface area contributed by atoms with E-state index in [0.29, 0.717) is 36.0 Å². The van der Waals surface area contributed by atoms with Crippen LogP contribution in [0.25, 0.3) is 0 Å². The minimum Gasteiger partial charge on any atom is -0.300 e. The SMILES string of the molecule is Cc1ccc(S(=O)(=O)N2CCC(C(=O)Nc3nncs3)CC2)cc1. The fourth-order valence-corrected chi connectivity index (χ4v) is 4.57. The first-order valence-electron chi connectivity index (χ1n) is 7.60. The van der Waals surface area contributed by atoms with Crippen LogP contribution in [0.4, 0.5) is 5.13 Å². The molecule has 1 aromatic carbocycles.